The van der Waals surface area contributed by atoms with Gasteiger partial charge >= 0.3 is 0 Å². The molecular weight excluding hydrogens is 264 g/mol. The van der Waals surface area contributed by atoms with E-state index in [4.69, 9.17) is 11.6 Å². The molecule has 2 aromatic rings. The number of para-hydroxylation sites is 1. The van der Waals surface area contributed by atoms with Crippen molar-refractivity contribution in [3.05, 3.63) is 45.1 Å². The third kappa shape index (κ3) is 2.79. The summed E-state index contributed by atoms with van der Waals surface area (Å²) in [5.74, 6) is 0. The van der Waals surface area contributed by atoms with Crippen molar-refractivity contribution >= 4 is 34.3 Å². The van der Waals surface area contributed by atoms with Gasteiger partial charge < -0.3 is 10.2 Å². The van der Waals surface area contributed by atoms with Crippen LogP contribution in [-0.2, 0) is 6.54 Å². The van der Waals surface area contributed by atoms with Crippen LogP contribution >= 0.6 is 22.9 Å². The van der Waals surface area contributed by atoms with Crippen molar-refractivity contribution in [1.82, 2.24) is 0 Å². The summed E-state index contributed by atoms with van der Waals surface area (Å²) in [7, 11) is 4.01. The van der Waals surface area contributed by atoms with Crippen LogP contribution in [0.5, 0.6) is 0 Å². The Hall–Kier alpha value is -1.19. The van der Waals surface area contributed by atoms with Gasteiger partial charge in [-0.05, 0) is 36.1 Å². The lowest BCUT2D eigenvalue weighted by Crippen LogP contribution is -2.12. The Morgan fingerprint density at radius 2 is 2.06 bits per heavy atom. The van der Waals surface area contributed by atoms with Crippen LogP contribution < -0.4 is 10.2 Å². The number of rotatable bonds is 4. The predicted octanol–water partition coefficient (Wildman–Crippen LogP) is 4.39. The van der Waals surface area contributed by atoms with Gasteiger partial charge in [-0.15, -0.1) is 11.3 Å². The molecule has 0 bridgehead atoms. The summed E-state index contributed by atoms with van der Waals surface area (Å²) >= 11 is 8.02. The molecule has 96 valence electrons. The SMILES string of the molecule is Cc1ccsc1CNc1cccc(Cl)c1N(C)C. The Kier molecular flexibility index (Phi) is 4.15. The lowest BCUT2D eigenvalue weighted by atomic mass is 10.2. The van der Waals surface area contributed by atoms with Crippen molar-refractivity contribution in [2.75, 3.05) is 24.3 Å². The van der Waals surface area contributed by atoms with Crippen LogP contribution in [0, 0.1) is 6.92 Å². The molecule has 2 nitrogen and oxygen atoms in total. The lowest BCUT2D eigenvalue weighted by molar-refractivity contribution is 1.11. The molecular formula is C14H17ClN2S. The summed E-state index contributed by atoms with van der Waals surface area (Å²) in [6.45, 7) is 2.98. The number of aryl methyl sites for hydroxylation is 1. The summed E-state index contributed by atoms with van der Waals surface area (Å²) in [6, 6.07) is 8.09. The third-order valence-electron chi connectivity index (χ3n) is 2.84. The molecule has 0 spiro atoms. The van der Waals surface area contributed by atoms with E-state index >= 15 is 0 Å². The van der Waals surface area contributed by atoms with Crippen LogP contribution in [0.25, 0.3) is 0 Å². The van der Waals surface area contributed by atoms with Crippen LogP contribution in [0.1, 0.15) is 10.4 Å². The molecule has 18 heavy (non-hydrogen) atoms. The van der Waals surface area contributed by atoms with Crippen molar-refractivity contribution in [3.63, 3.8) is 0 Å². The summed E-state index contributed by atoms with van der Waals surface area (Å²) in [5, 5.41) is 6.36. The minimum atomic E-state index is 0.771. The lowest BCUT2D eigenvalue weighted by Gasteiger charge is -2.20. The molecule has 0 saturated carbocycles. The molecule has 1 aromatic carbocycles. The maximum atomic E-state index is 6.24. The van der Waals surface area contributed by atoms with E-state index in [0.29, 0.717) is 0 Å². The van der Waals surface area contributed by atoms with Crippen LogP contribution in [0.3, 0.4) is 0 Å². The zero-order chi connectivity index (χ0) is 13.1. The highest BCUT2D eigenvalue weighted by Crippen LogP contribution is 2.33. The fourth-order valence-corrected chi connectivity index (χ4v) is 3.06. The van der Waals surface area contributed by atoms with Crippen molar-refractivity contribution < 1.29 is 0 Å². The Morgan fingerprint density at radius 3 is 2.67 bits per heavy atom. The highest BCUT2D eigenvalue weighted by molar-refractivity contribution is 7.10. The first kappa shape index (κ1) is 13.2. The quantitative estimate of drug-likeness (QED) is 0.894. The van der Waals surface area contributed by atoms with Gasteiger partial charge in [0.05, 0.1) is 16.4 Å². The van der Waals surface area contributed by atoms with E-state index in [2.05, 4.69) is 29.8 Å². The van der Waals surface area contributed by atoms with Gasteiger partial charge in [-0.2, -0.15) is 0 Å². The normalized spacial score (nSPS) is 10.4. The average molecular weight is 281 g/mol. The van der Waals surface area contributed by atoms with Crippen LogP contribution in [0.4, 0.5) is 11.4 Å². The van der Waals surface area contributed by atoms with Gasteiger partial charge in [-0.3, -0.25) is 0 Å². The highest BCUT2D eigenvalue weighted by Gasteiger charge is 2.09. The molecule has 0 saturated heterocycles. The van der Waals surface area contributed by atoms with E-state index < -0.39 is 0 Å². The fraction of sp³-hybridized carbons (Fsp3) is 0.286. The molecule has 0 atom stereocenters. The maximum absolute atomic E-state index is 6.24. The first-order valence-electron chi connectivity index (χ1n) is 5.82. The van der Waals surface area contributed by atoms with Gasteiger partial charge in [0.2, 0.25) is 0 Å². The second-order valence-corrected chi connectivity index (χ2v) is 5.82. The molecule has 0 aliphatic carbocycles. The van der Waals surface area contributed by atoms with Crippen molar-refractivity contribution in [2.45, 2.75) is 13.5 Å². The van der Waals surface area contributed by atoms with Crippen LogP contribution in [0.2, 0.25) is 5.02 Å². The van der Waals surface area contributed by atoms with Gasteiger partial charge in [0.1, 0.15) is 0 Å². The molecule has 1 aromatic heterocycles. The molecule has 0 fully saturated rings. The van der Waals surface area contributed by atoms with Gasteiger partial charge in [0.15, 0.2) is 0 Å². The smallest absolute Gasteiger partial charge is 0.0786 e. The number of anilines is 2. The van der Waals surface area contributed by atoms with E-state index in [1.807, 2.05) is 31.1 Å². The molecule has 0 aliphatic rings. The number of nitrogens with zero attached hydrogens (tertiary/aromatic N) is 1. The first-order chi connectivity index (χ1) is 8.59. The maximum Gasteiger partial charge on any atom is 0.0786 e. The molecule has 0 radical (unpaired) electrons. The molecule has 0 unspecified atom stereocenters. The summed E-state index contributed by atoms with van der Waals surface area (Å²) in [4.78, 5) is 3.39. The van der Waals surface area contributed by atoms with Crippen molar-refractivity contribution in [1.29, 1.82) is 0 Å². The number of hydrogen-bond acceptors (Lipinski definition) is 3. The van der Waals surface area contributed by atoms with E-state index in [0.717, 1.165) is 22.9 Å². The second-order valence-electron chi connectivity index (χ2n) is 4.41. The molecule has 2 rings (SSSR count). The van der Waals surface area contributed by atoms with E-state index in [9.17, 15) is 0 Å². The first-order valence-corrected chi connectivity index (χ1v) is 7.08. The largest absolute Gasteiger partial charge is 0.378 e. The van der Waals surface area contributed by atoms with Gasteiger partial charge in [-0.25, -0.2) is 0 Å². The average Bonchev–Trinajstić information content (AvgIpc) is 2.71. The van der Waals surface area contributed by atoms with Crippen molar-refractivity contribution in [3.8, 4) is 0 Å². The van der Waals surface area contributed by atoms with Crippen LogP contribution in [-0.4, -0.2) is 14.1 Å². The molecule has 0 amide bonds. The van der Waals surface area contributed by atoms with Gasteiger partial charge in [0.25, 0.3) is 0 Å². The second kappa shape index (κ2) is 5.63. The Morgan fingerprint density at radius 1 is 1.28 bits per heavy atom. The van der Waals surface area contributed by atoms with E-state index in [-0.39, 0.29) is 0 Å². The van der Waals surface area contributed by atoms with Crippen LogP contribution in [0.15, 0.2) is 29.6 Å². The molecule has 0 aliphatic heterocycles. The van der Waals surface area contributed by atoms with Gasteiger partial charge in [0, 0.05) is 25.5 Å². The molecule has 1 N–H and O–H groups in total. The minimum Gasteiger partial charge on any atom is -0.378 e. The zero-order valence-corrected chi connectivity index (χ0v) is 12.4. The number of thiophene rings is 1. The number of hydrogen-bond donors (Lipinski definition) is 1. The monoisotopic (exact) mass is 280 g/mol. The summed E-state index contributed by atoms with van der Waals surface area (Å²) in [6.07, 6.45) is 0. The standard InChI is InChI=1S/C14H17ClN2S/c1-10-7-8-18-13(10)9-16-12-6-4-5-11(15)14(12)17(2)3/h4-8,16H,9H2,1-3H3. The van der Waals surface area contributed by atoms with E-state index in [1.54, 1.807) is 11.3 Å². The Balaban J connectivity index is 2.19. The number of halogens is 1. The zero-order valence-electron chi connectivity index (χ0n) is 10.8. The highest BCUT2D eigenvalue weighted by atomic mass is 35.5. The third-order valence-corrected chi connectivity index (χ3v) is 4.17. The topological polar surface area (TPSA) is 15.3 Å². The fourth-order valence-electron chi connectivity index (χ4n) is 1.87. The summed E-state index contributed by atoms with van der Waals surface area (Å²) in [5.41, 5.74) is 3.44. The number of benzene rings is 1. The Bertz CT molecular complexity index is 534. The van der Waals surface area contributed by atoms with Crippen molar-refractivity contribution in [2.24, 2.45) is 0 Å². The van der Waals surface area contributed by atoms with E-state index in [1.165, 1.54) is 10.4 Å². The minimum absolute atomic E-state index is 0.771. The molecule has 1 heterocycles. The molecule has 4 heteroatoms. The number of nitrogens with one attached hydrogen (secondary N) is 1. The predicted molar refractivity (Wildman–Crippen MR) is 82.2 cm³/mol. The van der Waals surface area contributed by atoms with Gasteiger partial charge in [-0.1, -0.05) is 17.7 Å². The Labute approximate surface area is 117 Å². The summed E-state index contributed by atoms with van der Waals surface area (Å²) < 4.78 is 0.